The lowest BCUT2D eigenvalue weighted by Gasteiger charge is -2.36. The molecule has 1 heterocycles. The van der Waals surface area contributed by atoms with Gasteiger partial charge in [0.15, 0.2) is 0 Å². The zero-order valence-electron chi connectivity index (χ0n) is 21.1. The maximum absolute atomic E-state index is 13.8. The second kappa shape index (κ2) is 10.5. The van der Waals surface area contributed by atoms with Crippen molar-refractivity contribution in [2.24, 2.45) is 29.4 Å². The molecule has 0 radical (unpaired) electrons. The zero-order valence-corrected chi connectivity index (χ0v) is 21.9. The van der Waals surface area contributed by atoms with Crippen LogP contribution in [0.4, 0.5) is 0 Å². The number of nitrogens with two attached hydrogens (primary N) is 1. The molecule has 0 bridgehead atoms. The number of nitrogens with zero attached hydrogens (tertiary/aromatic N) is 1. The Kier molecular flexibility index (Phi) is 7.67. The number of hydrogen-bond donors (Lipinski definition) is 1. The lowest BCUT2D eigenvalue weighted by Crippen LogP contribution is -2.26. The minimum absolute atomic E-state index is 0.262. The molecule has 0 unspecified atom stereocenters. The van der Waals surface area contributed by atoms with E-state index in [0.29, 0.717) is 41.3 Å². The molecule has 4 atom stereocenters. The molecule has 1 aliphatic carbocycles. The Hall–Kier alpha value is -2.63. The van der Waals surface area contributed by atoms with Gasteiger partial charge in [-0.25, -0.2) is 12.4 Å². The van der Waals surface area contributed by atoms with Crippen LogP contribution in [-0.4, -0.2) is 12.4 Å². The number of aromatic nitrogens is 1. The summed E-state index contributed by atoms with van der Waals surface area (Å²) in [7, 11) is -3.80. The molecule has 0 saturated heterocycles. The lowest BCUT2D eigenvalue weighted by atomic mass is 9.70. The van der Waals surface area contributed by atoms with Crippen LogP contribution in [0.5, 0.6) is 0 Å². The quantitative estimate of drug-likeness (QED) is 0.350. The third-order valence-electron chi connectivity index (χ3n) is 7.56. The Labute approximate surface area is 210 Å². The lowest BCUT2D eigenvalue weighted by molar-refractivity contribution is 0.178. The molecule has 2 aromatic carbocycles. The summed E-state index contributed by atoms with van der Waals surface area (Å²) in [5.41, 5.74) is 9.03. The van der Waals surface area contributed by atoms with Gasteiger partial charge in [-0.2, -0.15) is 0 Å². The van der Waals surface area contributed by atoms with Crippen molar-refractivity contribution in [3.05, 3.63) is 90.7 Å². The highest BCUT2D eigenvalue weighted by Crippen LogP contribution is 2.40. The summed E-state index contributed by atoms with van der Waals surface area (Å²) in [6, 6.07) is 15.8. The summed E-state index contributed by atoms with van der Waals surface area (Å²) < 4.78 is 29.1. The highest BCUT2D eigenvalue weighted by Gasteiger charge is 2.30. The first-order valence-corrected chi connectivity index (χ1v) is 14.2. The molecule has 4 nitrogen and oxygen atoms in total. The van der Waals surface area contributed by atoms with E-state index in [1.807, 2.05) is 30.3 Å². The van der Waals surface area contributed by atoms with Gasteiger partial charge in [-0.15, -0.1) is 6.58 Å². The van der Waals surface area contributed by atoms with E-state index in [1.54, 1.807) is 30.3 Å². The van der Waals surface area contributed by atoms with Crippen LogP contribution < -0.4 is 5.73 Å². The highest BCUT2D eigenvalue weighted by atomic mass is 32.2. The first-order valence-electron chi connectivity index (χ1n) is 12.7. The summed E-state index contributed by atoms with van der Waals surface area (Å²) in [5.74, 6) is 2.49. The van der Waals surface area contributed by atoms with Gasteiger partial charge in [-0.3, -0.25) is 0 Å². The van der Waals surface area contributed by atoms with Gasteiger partial charge in [-0.05, 0) is 54.7 Å². The van der Waals surface area contributed by atoms with Crippen LogP contribution in [0, 0.1) is 23.7 Å². The van der Waals surface area contributed by atoms with E-state index in [4.69, 9.17) is 5.73 Å². The summed E-state index contributed by atoms with van der Waals surface area (Å²) in [5, 5.41) is 0.874. The Morgan fingerprint density at radius 3 is 2.46 bits per heavy atom. The van der Waals surface area contributed by atoms with Crippen molar-refractivity contribution in [3.8, 4) is 0 Å². The maximum Gasteiger partial charge on any atom is 0.268 e. The number of benzene rings is 2. The molecule has 35 heavy (non-hydrogen) atoms. The number of rotatable bonds is 8. The van der Waals surface area contributed by atoms with Crippen molar-refractivity contribution in [2.45, 2.75) is 57.4 Å². The maximum atomic E-state index is 13.8. The SMILES string of the molecule is C=CCc1c([C@@H](N)/C=C/[C@@H]2C[C@H](C)CC[C@H]2C(C)C)c2ccccc2n1S(=O)(=O)c1ccccc1. The van der Waals surface area contributed by atoms with E-state index in [2.05, 4.69) is 39.5 Å². The summed E-state index contributed by atoms with van der Waals surface area (Å²) >= 11 is 0. The first kappa shape index (κ1) is 25.5. The van der Waals surface area contributed by atoms with Crippen molar-refractivity contribution < 1.29 is 8.42 Å². The molecule has 0 amide bonds. The second-order valence-corrected chi connectivity index (χ2v) is 12.1. The van der Waals surface area contributed by atoms with Gasteiger partial charge in [0, 0.05) is 23.1 Å². The third-order valence-corrected chi connectivity index (χ3v) is 9.33. The van der Waals surface area contributed by atoms with Gasteiger partial charge in [0.1, 0.15) is 0 Å². The Morgan fingerprint density at radius 1 is 1.09 bits per heavy atom. The molecule has 0 aliphatic heterocycles. The molecule has 0 spiro atoms. The fourth-order valence-corrected chi connectivity index (χ4v) is 7.41. The largest absolute Gasteiger partial charge is 0.321 e. The van der Waals surface area contributed by atoms with Gasteiger partial charge in [0.2, 0.25) is 0 Å². The van der Waals surface area contributed by atoms with E-state index in [0.717, 1.165) is 10.9 Å². The number of allylic oxidation sites excluding steroid dienone is 2. The van der Waals surface area contributed by atoms with Gasteiger partial charge in [0.25, 0.3) is 10.0 Å². The van der Waals surface area contributed by atoms with Crippen LogP contribution in [0.25, 0.3) is 10.9 Å². The second-order valence-electron chi connectivity index (χ2n) is 10.4. The molecular formula is C30H38N2O2S. The summed E-state index contributed by atoms with van der Waals surface area (Å²) in [6.45, 7) is 10.9. The highest BCUT2D eigenvalue weighted by molar-refractivity contribution is 7.90. The molecule has 5 heteroatoms. The number of hydrogen-bond acceptors (Lipinski definition) is 3. The van der Waals surface area contributed by atoms with E-state index in [9.17, 15) is 8.42 Å². The minimum atomic E-state index is -3.80. The smallest absolute Gasteiger partial charge is 0.268 e. The van der Waals surface area contributed by atoms with Gasteiger partial charge >= 0.3 is 0 Å². The first-order chi connectivity index (χ1) is 16.8. The number of para-hydroxylation sites is 1. The molecule has 2 N–H and O–H groups in total. The van der Waals surface area contributed by atoms with Crippen LogP contribution in [0.2, 0.25) is 0 Å². The standard InChI is InChI=1S/C30H38N2O2S/c1-5-11-29-30(27(31)19-17-23-20-22(4)16-18-25(23)21(2)3)26-14-9-10-15-28(26)32(29)35(33,34)24-12-7-6-8-13-24/h5-10,12-15,17,19,21-23,25,27H,1,11,16,18,20,31H2,2-4H3/b19-17+/t22-,23-,25+,27+/m1/s1. The van der Waals surface area contributed by atoms with Crippen molar-refractivity contribution >= 4 is 20.9 Å². The van der Waals surface area contributed by atoms with Crippen molar-refractivity contribution in [3.63, 3.8) is 0 Å². The Bertz CT molecular complexity index is 1300. The van der Waals surface area contributed by atoms with E-state index in [-0.39, 0.29) is 4.90 Å². The fraction of sp³-hybridized carbons (Fsp3) is 0.400. The van der Waals surface area contributed by atoms with E-state index in [1.165, 1.54) is 23.2 Å². The molecule has 186 valence electrons. The van der Waals surface area contributed by atoms with Crippen molar-refractivity contribution in [2.75, 3.05) is 0 Å². The van der Waals surface area contributed by atoms with Crippen LogP contribution in [0.15, 0.2) is 84.3 Å². The van der Waals surface area contributed by atoms with Crippen LogP contribution in [0.1, 0.15) is 57.3 Å². The topological polar surface area (TPSA) is 65.1 Å². The van der Waals surface area contributed by atoms with Crippen LogP contribution in [0.3, 0.4) is 0 Å². The third kappa shape index (κ3) is 5.03. The Morgan fingerprint density at radius 2 is 1.77 bits per heavy atom. The van der Waals surface area contributed by atoms with Crippen LogP contribution >= 0.6 is 0 Å². The molecule has 1 aliphatic rings. The average Bonchev–Trinajstić information content (AvgIpc) is 3.17. The molecular weight excluding hydrogens is 452 g/mol. The monoisotopic (exact) mass is 490 g/mol. The zero-order chi connectivity index (χ0) is 25.2. The molecule has 3 aromatic rings. The van der Waals surface area contributed by atoms with Gasteiger partial charge in [-0.1, -0.05) is 81.8 Å². The molecule has 4 rings (SSSR count). The summed E-state index contributed by atoms with van der Waals surface area (Å²) in [6.07, 6.45) is 10.3. The normalized spacial score (nSPS) is 22.1. The predicted molar refractivity (Wildman–Crippen MR) is 146 cm³/mol. The Balaban J connectivity index is 1.83. The van der Waals surface area contributed by atoms with E-state index < -0.39 is 16.1 Å². The fourth-order valence-electron chi connectivity index (χ4n) is 5.82. The molecule has 1 fully saturated rings. The molecule has 1 saturated carbocycles. The van der Waals surface area contributed by atoms with Crippen LogP contribution in [-0.2, 0) is 16.4 Å². The van der Waals surface area contributed by atoms with Crippen molar-refractivity contribution in [1.82, 2.24) is 3.97 Å². The van der Waals surface area contributed by atoms with E-state index >= 15 is 0 Å². The molecule has 1 aromatic heterocycles. The summed E-state index contributed by atoms with van der Waals surface area (Å²) in [4.78, 5) is 0.262. The predicted octanol–water partition coefficient (Wildman–Crippen LogP) is 6.87. The van der Waals surface area contributed by atoms with Crippen molar-refractivity contribution in [1.29, 1.82) is 0 Å². The number of fused-ring (bicyclic) bond motifs is 1. The average molecular weight is 491 g/mol. The van der Waals surface area contributed by atoms with Gasteiger partial charge < -0.3 is 5.73 Å². The minimum Gasteiger partial charge on any atom is -0.321 e. The van der Waals surface area contributed by atoms with Gasteiger partial charge in [0.05, 0.1) is 16.5 Å².